The van der Waals surface area contributed by atoms with Crippen LogP contribution in [0.15, 0.2) is 0 Å². The fourth-order valence-corrected chi connectivity index (χ4v) is 1.93. The second-order valence-corrected chi connectivity index (χ2v) is 4.05. The van der Waals surface area contributed by atoms with Crippen molar-refractivity contribution in [1.82, 2.24) is 9.78 Å². The fourth-order valence-electron chi connectivity index (χ4n) is 1.93. The molecule has 6 nitrogen and oxygen atoms in total. The molecule has 0 saturated heterocycles. The third kappa shape index (κ3) is 3.14. The van der Waals surface area contributed by atoms with E-state index in [-0.39, 0.29) is 0 Å². The molecule has 0 aliphatic carbocycles. The molecule has 0 aliphatic rings. The summed E-state index contributed by atoms with van der Waals surface area (Å²) in [6, 6.07) is 2.15. The van der Waals surface area contributed by atoms with E-state index < -0.39 is 0 Å². The molecule has 0 aromatic carbocycles. The van der Waals surface area contributed by atoms with Gasteiger partial charge in [-0.25, -0.2) is 0 Å². The first-order valence-electron chi connectivity index (χ1n) is 6.07. The average molecular weight is 251 g/mol. The Balaban J connectivity index is 2.96. The zero-order valence-electron chi connectivity index (χ0n) is 11.3. The molecule has 0 fully saturated rings. The number of aromatic nitrogens is 2. The SMILES string of the molecule is CCc1nn(C)c(N(CCC#N)CCOC)c1N. The number of nitrogens with two attached hydrogens (primary N) is 1. The number of nitrogen functional groups attached to an aromatic ring is 1. The van der Waals surface area contributed by atoms with E-state index in [1.54, 1.807) is 11.8 Å². The van der Waals surface area contributed by atoms with Crippen molar-refractivity contribution >= 4 is 11.5 Å². The molecule has 0 spiro atoms. The highest BCUT2D eigenvalue weighted by molar-refractivity contribution is 5.66. The Morgan fingerprint density at radius 2 is 2.22 bits per heavy atom. The number of rotatable bonds is 7. The van der Waals surface area contributed by atoms with Crippen LogP contribution < -0.4 is 10.6 Å². The summed E-state index contributed by atoms with van der Waals surface area (Å²) >= 11 is 0. The maximum Gasteiger partial charge on any atom is 0.150 e. The average Bonchev–Trinajstić information content (AvgIpc) is 2.65. The molecule has 0 radical (unpaired) electrons. The maximum atomic E-state index is 8.72. The van der Waals surface area contributed by atoms with Crippen LogP contribution in [0, 0.1) is 11.3 Å². The molecule has 18 heavy (non-hydrogen) atoms. The monoisotopic (exact) mass is 251 g/mol. The molecule has 0 unspecified atom stereocenters. The summed E-state index contributed by atoms with van der Waals surface area (Å²) in [7, 11) is 3.53. The summed E-state index contributed by atoms with van der Waals surface area (Å²) in [6.45, 7) is 3.95. The van der Waals surface area contributed by atoms with E-state index in [2.05, 4.69) is 11.2 Å². The van der Waals surface area contributed by atoms with Gasteiger partial charge >= 0.3 is 0 Å². The molecular weight excluding hydrogens is 230 g/mol. The molecule has 1 rings (SSSR count). The predicted octanol–water partition coefficient (Wildman–Crippen LogP) is 0.931. The van der Waals surface area contributed by atoms with Crippen LogP contribution in [0.25, 0.3) is 0 Å². The number of methoxy groups -OCH3 is 1. The minimum absolute atomic E-state index is 0.454. The van der Waals surface area contributed by atoms with Crippen molar-refractivity contribution in [3.8, 4) is 6.07 Å². The van der Waals surface area contributed by atoms with E-state index in [1.165, 1.54) is 0 Å². The Labute approximate surface area is 108 Å². The lowest BCUT2D eigenvalue weighted by Crippen LogP contribution is -2.30. The van der Waals surface area contributed by atoms with Gasteiger partial charge in [-0.2, -0.15) is 10.4 Å². The lowest BCUT2D eigenvalue weighted by atomic mass is 10.2. The van der Waals surface area contributed by atoms with Crippen molar-refractivity contribution in [2.45, 2.75) is 19.8 Å². The Kier molecular flexibility index (Phi) is 5.46. The van der Waals surface area contributed by atoms with Crippen LogP contribution in [0.2, 0.25) is 0 Å². The van der Waals surface area contributed by atoms with Crippen LogP contribution in [0.1, 0.15) is 19.0 Å². The van der Waals surface area contributed by atoms with Crippen molar-refractivity contribution in [2.24, 2.45) is 7.05 Å². The zero-order valence-corrected chi connectivity index (χ0v) is 11.3. The van der Waals surface area contributed by atoms with Crippen molar-refractivity contribution in [3.63, 3.8) is 0 Å². The van der Waals surface area contributed by atoms with Crippen LogP contribution >= 0.6 is 0 Å². The van der Waals surface area contributed by atoms with Crippen LogP contribution in [-0.4, -0.2) is 36.6 Å². The Hall–Kier alpha value is -1.74. The minimum Gasteiger partial charge on any atom is -0.394 e. The predicted molar refractivity (Wildman–Crippen MR) is 71.3 cm³/mol. The summed E-state index contributed by atoms with van der Waals surface area (Å²) in [4.78, 5) is 2.05. The summed E-state index contributed by atoms with van der Waals surface area (Å²) in [5, 5.41) is 13.1. The van der Waals surface area contributed by atoms with E-state index >= 15 is 0 Å². The minimum atomic E-state index is 0.454. The number of nitrogens with zero attached hydrogens (tertiary/aromatic N) is 4. The third-order valence-electron chi connectivity index (χ3n) is 2.82. The summed E-state index contributed by atoms with van der Waals surface area (Å²) in [5.41, 5.74) is 7.71. The van der Waals surface area contributed by atoms with Gasteiger partial charge in [0.25, 0.3) is 0 Å². The number of hydrogen-bond donors (Lipinski definition) is 1. The topological polar surface area (TPSA) is 80.1 Å². The highest BCUT2D eigenvalue weighted by Crippen LogP contribution is 2.26. The van der Waals surface area contributed by atoms with Gasteiger partial charge < -0.3 is 15.4 Å². The van der Waals surface area contributed by atoms with E-state index in [0.717, 1.165) is 17.9 Å². The second kappa shape index (κ2) is 6.87. The molecule has 6 heteroatoms. The van der Waals surface area contributed by atoms with Gasteiger partial charge in [-0.15, -0.1) is 0 Å². The molecule has 0 aliphatic heterocycles. The van der Waals surface area contributed by atoms with Gasteiger partial charge in [-0.1, -0.05) is 6.92 Å². The lowest BCUT2D eigenvalue weighted by molar-refractivity contribution is 0.205. The van der Waals surface area contributed by atoms with Gasteiger partial charge in [0, 0.05) is 27.2 Å². The highest BCUT2D eigenvalue weighted by atomic mass is 16.5. The first-order valence-corrected chi connectivity index (χ1v) is 6.07. The molecule has 0 atom stereocenters. The number of ether oxygens (including phenoxy) is 1. The van der Waals surface area contributed by atoms with Crippen LogP contribution in [-0.2, 0) is 18.2 Å². The van der Waals surface area contributed by atoms with E-state index in [1.807, 2.05) is 18.9 Å². The standard InChI is InChI=1S/C12H21N5O/c1-4-10-11(14)12(16(2)15-10)17(7-5-6-13)8-9-18-3/h4-5,7-9,14H2,1-3H3. The quantitative estimate of drug-likeness (QED) is 0.779. The van der Waals surface area contributed by atoms with Crippen molar-refractivity contribution < 1.29 is 4.74 Å². The Bertz CT molecular complexity index is 421. The summed E-state index contributed by atoms with van der Waals surface area (Å²) < 4.78 is 6.87. The molecule has 0 amide bonds. The van der Waals surface area contributed by atoms with Crippen molar-refractivity contribution in [3.05, 3.63) is 5.69 Å². The summed E-state index contributed by atoms with van der Waals surface area (Å²) in [5.74, 6) is 0.874. The molecule has 100 valence electrons. The van der Waals surface area contributed by atoms with Crippen LogP contribution in [0.5, 0.6) is 0 Å². The Morgan fingerprint density at radius 1 is 1.50 bits per heavy atom. The fraction of sp³-hybridized carbons (Fsp3) is 0.667. The number of aryl methyl sites for hydroxylation is 2. The largest absolute Gasteiger partial charge is 0.394 e. The molecular formula is C12H21N5O. The van der Waals surface area contributed by atoms with Crippen LogP contribution in [0.4, 0.5) is 11.5 Å². The van der Waals surface area contributed by atoms with Gasteiger partial charge in [0.1, 0.15) is 0 Å². The third-order valence-corrected chi connectivity index (χ3v) is 2.82. The molecule has 0 bridgehead atoms. The van der Waals surface area contributed by atoms with E-state index in [9.17, 15) is 0 Å². The molecule has 1 aromatic rings. The lowest BCUT2D eigenvalue weighted by Gasteiger charge is -2.23. The van der Waals surface area contributed by atoms with Gasteiger partial charge in [0.05, 0.1) is 30.5 Å². The molecule has 2 N–H and O–H groups in total. The first kappa shape index (κ1) is 14.3. The van der Waals surface area contributed by atoms with Gasteiger partial charge in [-0.05, 0) is 6.42 Å². The van der Waals surface area contributed by atoms with Gasteiger partial charge in [-0.3, -0.25) is 4.68 Å². The smallest absolute Gasteiger partial charge is 0.150 e. The van der Waals surface area contributed by atoms with E-state index in [4.69, 9.17) is 15.7 Å². The van der Waals surface area contributed by atoms with E-state index in [0.29, 0.717) is 31.8 Å². The molecule has 0 saturated carbocycles. The summed E-state index contributed by atoms with van der Waals surface area (Å²) in [6.07, 6.45) is 1.26. The van der Waals surface area contributed by atoms with Gasteiger partial charge in [0.2, 0.25) is 0 Å². The normalized spacial score (nSPS) is 10.3. The molecule has 1 heterocycles. The van der Waals surface area contributed by atoms with Crippen LogP contribution in [0.3, 0.4) is 0 Å². The number of hydrogen-bond acceptors (Lipinski definition) is 5. The Morgan fingerprint density at radius 3 is 2.72 bits per heavy atom. The highest BCUT2D eigenvalue weighted by Gasteiger charge is 2.18. The first-order chi connectivity index (χ1) is 8.65. The van der Waals surface area contributed by atoms with Crippen molar-refractivity contribution in [1.29, 1.82) is 5.26 Å². The zero-order chi connectivity index (χ0) is 13.5. The number of anilines is 2. The molecule has 1 aromatic heterocycles. The van der Waals surface area contributed by atoms with Gasteiger partial charge in [0.15, 0.2) is 5.82 Å². The van der Waals surface area contributed by atoms with Crippen molar-refractivity contribution in [2.75, 3.05) is 37.4 Å². The number of nitriles is 1. The second-order valence-electron chi connectivity index (χ2n) is 4.05. The maximum absolute atomic E-state index is 8.72.